The minimum Gasteiger partial charge on any atom is -1.00 e. The van der Waals surface area contributed by atoms with Crippen LogP contribution in [0.3, 0.4) is 0 Å². The maximum atomic E-state index is 2.59. The van der Waals surface area contributed by atoms with E-state index in [4.69, 9.17) is 0 Å². The third-order valence-corrected chi connectivity index (χ3v) is 16.6. The smallest absolute Gasteiger partial charge is 1.00 e. The average Bonchev–Trinajstić information content (AvgIpc) is 3.36. The van der Waals surface area contributed by atoms with Gasteiger partial charge in [0, 0.05) is 0 Å². The van der Waals surface area contributed by atoms with Crippen LogP contribution in [-0.4, -0.2) is 3.21 Å². The van der Waals surface area contributed by atoms with Gasteiger partial charge in [0.25, 0.3) is 0 Å². The van der Waals surface area contributed by atoms with Crippen LogP contribution in [0.15, 0.2) is 57.9 Å². The Morgan fingerprint density at radius 1 is 0.794 bits per heavy atom. The molecule has 182 valence electrons. The van der Waals surface area contributed by atoms with E-state index in [0.29, 0.717) is 3.63 Å². The number of hydrogen-bond donors (Lipinski definition) is 0. The molecule has 0 heterocycles. The van der Waals surface area contributed by atoms with Crippen LogP contribution in [0.2, 0.25) is 0 Å². The Hall–Kier alpha value is -0.747. The summed E-state index contributed by atoms with van der Waals surface area (Å²) >= 11 is -2.13. The summed E-state index contributed by atoms with van der Waals surface area (Å²) in [5.74, 6) is 0. The first-order valence-electron chi connectivity index (χ1n) is 12.4. The number of hydrogen-bond acceptors (Lipinski definition) is 0. The van der Waals surface area contributed by atoms with Crippen molar-refractivity contribution in [2.75, 3.05) is 0 Å². The molecular formula is C31H40Cl2Zr. The SMILES string of the molecule is CC[C](CC)=[Zr+2]([C]1=CC=CC1)[CH]1c2cc(C(C)(C)C)ccc2-c2ccc(C(C)(C)C)cc21.[Cl-].[Cl-]. The standard InChI is InChI=1S/C21H25.C5H5.C5H10.2ClH.Zr/c1-20(2,3)16-7-9-18-14(12-16)11-15-13-17(21(4,5)6)8-10-19(15)18;1-2-4-5-3-1;1-3-5-4-2;;;/h7-13H,1-6H3;1-3H,4H2;3-4H2,1-2H3;2*1H;/q;;;;;+2/p-2. The Morgan fingerprint density at radius 2 is 1.26 bits per heavy atom. The number of rotatable bonds is 4. The van der Waals surface area contributed by atoms with E-state index in [1.807, 2.05) is 3.21 Å². The quantitative estimate of drug-likeness (QED) is 0.527. The zero-order valence-electron chi connectivity index (χ0n) is 22.2. The molecule has 0 nitrogen and oxygen atoms in total. The fourth-order valence-corrected chi connectivity index (χ4v) is 14.5. The molecule has 4 rings (SSSR count). The molecule has 0 saturated carbocycles. The van der Waals surface area contributed by atoms with E-state index in [-0.39, 0.29) is 35.6 Å². The third-order valence-electron chi connectivity index (χ3n) is 7.39. The Kier molecular flexibility index (Phi) is 9.63. The minimum atomic E-state index is -2.13. The maximum Gasteiger partial charge on any atom is -1.00 e. The molecule has 0 atom stereocenters. The average molecular weight is 575 g/mol. The van der Waals surface area contributed by atoms with Gasteiger partial charge in [0.15, 0.2) is 0 Å². The van der Waals surface area contributed by atoms with Crippen molar-refractivity contribution in [2.45, 2.75) is 89.1 Å². The molecule has 2 aromatic carbocycles. The Balaban J connectivity index is 0.00000204. The molecule has 0 bridgehead atoms. The third kappa shape index (κ3) is 5.48. The Labute approximate surface area is 228 Å². The minimum absolute atomic E-state index is 0. The van der Waals surface area contributed by atoms with E-state index in [2.05, 4.69) is 110 Å². The van der Waals surface area contributed by atoms with Crippen molar-refractivity contribution in [3.8, 4) is 11.1 Å². The predicted octanol–water partition coefficient (Wildman–Crippen LogP) is 2.81. The second kappa shape index (κ2) is 11.1. The summed E-state index contributed by atoms with van der Waals surface area (Å²) in [6.07, 6.45) is 10.8. The Bertz CT molecular complexity index is 1070. The predicted molar refractivity (Wildman–Crippen MR) is 139 cm³/mol. The van der Waals surface area contributed by atoms with Crippen LogP contribution in [0.4, 0.5) is 0 Å². The van der Waals surface area contributed by atoms with Crippen molar-refractivity contribution in [1.82, 2.24) is 0 Å². The summed E-state index contributed by atoms with van der Waals surface area (Å²) in [7, 11) is 0. The number of allylic oxidation sites excluding steroid dienone is 4. The van der Waals surface area contributed by atoms with Gasteiger partial charge in [-0.3, -0.25) is 0 Å². The molecule has 0 amide bonds. The van der Waals surface area contributed by atoms with Crippen molar-refractivity contribution in [3.63, 3.8) is 0 Å². The summed E-state index contributed by atoms with van der Waals surface area (Å²) in [4.78, 5) is 0. The zero-order chi connectivity index (χ0) is 23.3. The molecule has 34 heavy (non-hydrogen) atoms. The van der Waals surface area contributed by atoms with Crippen LogP contribution in [-0.2, 0) is 32.1 Å². The van der Waals surface area contributed by atoms with Gasteiger partial charge in [0.2, 0.25) is 0 Å². The van der Waals surface area contributed by atoms with E-state index in [9.17, 15) is 0 Å². The second-order valence-electron chi connectivity index (χ2n) is 11.6. The number of benzene rings is 2. The first-order chi connectivity index (χ1) is 15.1. The van der Waals surface area contributed by atoms with Gasteiger partial charge in [-0.25, -0.2) is 0 Å². The van der Waals surface area contributed by atoms with Crippen molar-refractivity contribution in [3.05, 3.63) is 80.2 Å². The molecule has 2 aliphatic carbocycles. The van der Waals surface area contributed by atoms with Crippen LogP contribution < -0.4 is 24.8 Å². The molecular weight excluding hydrogens is 534 g/mol. The second-order valence-corrected chi connectivity index (χ2v) is 18.4. The van der Waals surface area contributed by atoms with E-state index in [1.54, 1.807) is 14.4 Å². The van der Waals surface area contributed by atoms with Gasteiger partial charge < -0.3 is 24.8 Å². The first kappa shape index (κ1) is 29.5. The topological polar surface area (TPSA) is 0 Å². The summed E-state index contributed by atoms with van der Waals surface area (Å²) in [5, 5.41) is 0. The molecule has 0 unspecified atom stereocenters. The van der Waals surface area contributed by atoms with Gasteiger partial charge in [0.1, 0.15) is 0 Å². The van der Waals surface area contributed by atoms with Gasteiger partial charge in [-0.15, -0.1) is 0 Å². The van der Waals surface area contributed by atoms with E-state index in [0.717, 1.165) is 0 Å². The van der Waals surface area contributed by atoms with Crippen molar-refractivity contribution in [1.29, 1.82) is 0 Å². The van der Waals surface area contributed by atoms with Crippen molar-refractivity contribution < 1.29 is 46.1 Å². The summed E-state index contributed by atoms with van der Waals surface area (Å²) < 4.78 is 4.28. The molecule has 0 aromatic heterocycles. The summed E-state index contributed by atoms with van der Waals surface area (Å²) in [5.41, 5.74) is 9.53. The van der Waals surface area contributed by atoms with Crippen LogP contribution >= 0.6 is 0 Å². The number of fused-ring (bicyclic) bond motifs is 3. The Morgan fingerprint density at radius 3 is 1.62 bits per heavy atom. The fourth-order valence-electron chi connectivity index (χ4n) is 5.40. The largest absolute Gasteiger partial charge is 1.00 e. The summed E-state index contributed by atoms with van der Waals surface area (Å²) in [6.45, 7) is 18.9. The van der Waals surface area contributed by atoms with E-state index < -0.39 is 21.3 Å². The fraction of sp³-hybridized carbons (Fsp3) is 0.452. The molecule has 0 saturated heterocycles. The van der Waals surface area contributed by atoms with Crippen molar-refractivity contribution >= 4 is 3.21 Å². The van der Waals surface area contributed by atoms with Crippen molar-refractivity contribution in [2.24, 2.45) is 0 Å². The van der Waals surface area contributed by atoms with Gasteiger partial charge in [-0.1, -0.05) is 0 Å². The van der Waals surface area contributed by atoms with Crippen LogP contribution in [0, 0.1) is 0 Å². The van der Waals surface area contributed by atoms with Crippen LogP contribution in [0.5, 0.6) is 0 Å². The van der Waals surface area contributed by atoms with Gasteiger partial charge in [-0.2, -0.15) is 0 Å². The van der Waals surface area contributed by atoms with Crippen LogP contribution in [0.25, 0.3) is 11.1 Å². The maximum absolute atomic E-state index is 2.59. The first-order valence-corrected chi connectivity index (χ1v) is 16.3. The molecule has 2 aliphatic rings. The molecule has 3 heteroatoms. The van der Waals surface area contributed by atoms with Gasteiger partial charge in [0.05, 0.1) is 0 Å². The molecule has 2 aromatic rings. The van der Waals surface area contributed by atoms with Crippen LogP contribution in [0.1, 0.15) is 101 Å². The molecule has 0 spiro atoms. The normalized spacial score (nSPS) is 14.4. The van der Waals surface area contributed by atoms with E-state index in [1.165, 1.54) is 41.5 Å². The van der Waals surface area contributed by atoms with E-state index >= 15 is 0 Å². The molecule has 0 radical (unpaired) electrons. The van der Waals surface area contributed by atoms with Gasteiger partial charge in [-0.05, 0) is 0 Å². The molecule has 0 fully saturated rings. The molecule has 0 aliphatic heterocycles. The molecule has 0 N–H and O–H groups in total. The number of halogens is 2. The summed E-state index contributed by atoms with van der Waals surface area (Å²) in [6, 6.07) is 14.8. The zero-order valence-corrected chi connectivity index (χ0v) is 26.1. The van der Waals surface area contributed by atoms with Gasteiger partial charge >= 0.3 is 205 Å². The monoisotopic (exact) mass is 572 g/mol.